The summed E-state index contributed by atoms with van der Waals surface area (Å²) in [4.78, 5) is 13.9. The van der Waals surface area contributed by atoms with E-state index in [0.717, 1.165) is 0 Å². The summed E-state index contributed by atoms with van der Waals surface area (Å²) < 4.78 is 2.27. The maximum Gasteiger partial charge on any atom is 0.317 e. The second kappa shape index (κ2) is 4.50. The van der Waals surface area contributed by atoms with Crippen molar-refractivity contribution in [2.24, 2.45) is 0 Å². The van der Waals surface area contributed by atoms with Crippen LogP contribution in [0.5, 0.6) is 0 Å². The number of urea groups is 1. The molecule has 1 rings (SSSR count). The SMILES string of the molecule is CNC(=O)N1C(C)C(C)N(P)C(C)C1(C)C. The third kappa shape index (κ3) is 1.93. The molecule has 1 N–H and O–H groups in total. The predicted molar refractivity (Wildman–Crippen MR) is 70.3 cm³/mol. The Morgan fingerprint density at radius 1 is 1.25 bits per heavy atom. The molecule has 4 nitrogen and oxygen atoms in total. The van der Waals surface area contributed by atoms with Crippen molar-refractivity contribution in [1.82, 2.24) is 14.9 Å². The molecule has 1 saturated heterocycles. The summed E-state index contributed by atoms with van der Waals surface area (Å²) in [5, 5.41) is 2.74. The van der Waals surface area contributed by atoms with Gasteiger partial charge in [-0.3, -0.25) is 4.67 Å². The lowest BCUT2D eigenvalue weighted by atomic mass is 9.86. The summed E-state index contributed by atoms with van der Waals surface area (Å²) >= 11 is 0. The summed E-state index contributed by atoms with van der Waals surface area (Å²) in [5.74, 6) is 0. The van der Waals surface area contributed by atoms with Crippen LogP contribution >= 0.6 is 9.39 Å². The quantitative estimate of drug-likeness (QED) is 0.659. The van der Waals surface area contributed by atoms with Crippen LogP contribution in [-0.4, -0.2) is 46.3 Å². The van der Waals surface area contributed by atoms with Gasteiger partial charge in [0.05, 0.1) is 5.54 Å². The van der Waals surface area contributed by atoms with Crippen LogP contribution in [0.25, 0.3) is 0 Å². The molecule has 0 aromatic carbocycles. The van der Waals surface area contributed by atoms with E-state index in [9.17, 15) is 4.79 Å². The van der Waals surface area contributed by atoms with Gasteiger partial charge in [-0.2, -0.15) is 0 Å². The van der Waals surface area contributed by atoms with Gasteiger partial charge in [-0.1, -0.05) is 9.39 Å². The summed E-state index contributed by atoms with van der Waals surface area (Å²) in [6.45, 7) is 10.6. The van der Waals surface area contributed by atoms with Gasteiger partial charge in [0.15, 0.2) is 0 Å². The average molecular weight is 245 g/mol. The molecule has 16 heavy (non-hydrogen) atoms. The Bertz CT molecular complexity index is 282. The minimum atomic E-state index is -0.173. The molecule has 1 aliphatic heterocycles. The van der Waals surface area contributed by atoms with Crippen molar-refractivity contribution in [2.45, 2.75) is 58.3 Å². The zero-order chi connectivity index (χ0) is 12.7. The van der Waals surface area contributed by atoms with Gasteiger partial charge in [-0.25, -0.2) is 4.79 Å². The molecule has 2 amide bonds. The maximum atomic E-state index is 12.0. The highest BCUT2D eigenvalue weighted by atomic mass is 31.0. The van der Waals surface area contributed by atoms with Crippen LogP contribution in [0, 0.1) is 0 Å². The van der Waals surface area contributed by atoms with Crippen LogP contribution in [0.2, 0.25) is 0 Å². The Morgan fingerprint density at radius 3 is 2.19 bits per heavy atom. The van der Waals surface area contributed by atoms with Crippen LogP contribution < -0.4 is 5.32 Å². The van der Waals surface area contributed by atoms with Crippen molar-refractivity contribution < 1.29 is 4.79 Å². The highest BCUT2D eigenvalue weighted by Crippen LogP contribution is 2.36. The van der Waals surface area contributed by atoms with Gasteiger partial charge < -0.3 is 10.2 Å². The lowest BCUT2D eigenvalue weighted by Gasteiger charge is -2.56. The van der Waals surface area contributed by atoms with Crippen LogP contribution in [0.15, 0.2) is 0 Å². The van der Waals surface area contributed by atoms with Gasteiger partial charge in [-0.15, -0.1) is 0 Å². The molecule has 0 aliphatic carbocycles. The second-order valence-electron chi connectivity index (χ2n) is 5.18. The number of rotatable bonds is 0. The van der Waals surface area contributed by atoms with Gasteiger partial charge >= 0.3 is 6.03 Å². The minimum Gasteiger partial charge on any atom is -0.341 e. The fraction of sp³-hybridized carbons (Fsp3) is 0.909. The molecule has 1 aliphatic rings. The first-order valence-corrected chi connectivity index (χ1v) is 6.30. The molecule has 5 heteroatoms. The molecule has 94 valence electrons. The molecule has 4 unspecified atom stereocenters. The Hall–Kier alpha value is -0.340. The Kier molecular flexibility index (Phi) is 3.86. The fourth-order valence-electron chi connectivity index (χ4n) is 2.48. The average Bonchev–Trinajstić information content (AvgIpc) is 2.23. The van der Waals surface area contributed by atoms with Crippen molar-refractivity contribution in [3.8, 4) is 0 Å². The third-order valence-corrected chi connectivity index (χ3v) is 5.02. The second-order valence-corrected chi connectivity index (χ2v) is 5.78. The minimum absolute atomic E-state index is 0.00861. The molecule has 0 saturated carbocycles. The summed E-state index contributed by atoms with van der Waals surface area (Å²) in [7, 11) is 4.48. The Labute approximate surface area is 101 Å². The zero-order valence-corrected chi connectivity index (χ0v) is 12.3. The topological polar surface area (TPSA) is 35.6 Å². The molecular formula is C11H24N3OP. The van der Waals surface area contributed by atoms with Crippen molar-refractivity contribution >= 4 is 15.4 Å². The molecular weight excluding hydrogens is 221 g/mol. The van der Waals surface area contributed by atoms with Crippen molar-refractivity contribution in [3.63, 3.8) is 0 Å². The highest BCUT2D eigenvalue weighted by Gasteiger charge is 2.47. The molecule has 0 aromatic heterocycles. The van der Waals surface area contributed by atoms with E-state index in [2.05, 4.69) is 54.0 Å². The maximum absolute atomic E-state index is 12.0. The number of hydrogen-bond donors (Lipinski definition) is 1. The van der Waals surface area contributed by atoms with Crippen LogP contribution in [-0.2, 0) is 0 Å². The molecule has 0 spiro atoms. The van der Waals surface area contributed by atoms with Gasteiger partial charge in [0.2, 0.25) is 0 Å². The summed E-state index contributed by atoms with van der Waals surface area (Å²) in [5.41, 5.74) is -0.173. The summed E-state index contributed by atoms with van der Waals surface area (Å²) in [6.07, 6.45) is 0. The Morgan fingerprint density at radius 2 is 1.75 bits per heavy atom. The van der Waals surface area contributed by atoms with Crippen LogP contribution in [0.1, 0.15) is 34.6 Å². The molecule has 1 fully saturated rings. The van der Waals surface area contributed by atoms with E-state index >= 15 is 0 Å². The lowest BCUT2D eigenvalue weighted by molar-refractivity contribution is -0.0175. The molecule has 1 heterocycles. The Balaban J connectivity index is 3.09. The zero-order valence-electron chi connectivity index (χ0n) is 11.1. The first-order chi connectivity index (χ1) is 7.25. The molecule has 0 bridgehead atoms. The van der Waals surface area contributed by atoms with E-state index in [1.165, 1.54) is 0 Å². The van der Waals surface area contributed by atoms with E-state index in [4.69, 9.17) is 0 Å². The van der Waals surface area contributed by atoms with Gasteiger partial charge in [-0.05, 0) is 34.6 Å². The third-order valence-electron chi connectivity index (χ3n) is 4.10. The lowest BCUT2D eigenvalue weighted by Crippen LogP contribution is -2.71. The van der Waals surface area contributed by atoms with E-state index in [1.807, 2.05) is 4.90 Å². The first kappa shape index (κ1) is 13.7. The smallest absolute Gasteiger partial charge is 0.317 e. The van der Waals surface area contributed by atoms with Crippen molar-refractivity contribution in [3.05, 3.63) is 0 Å². The number of amides is 2. The number of carbonyl (C=O) groups is 1. The largest absolute Gasteiger partial charge is 0.341 e. The van der Waals surface area contributed by atoms with Crippen LogP contribution in [0.3, 0.4) is 0 Å². The highest BCUT2D eigenvalue weighted by molar-refractivity contribution is 7.13. The monoisotopic (exact) mass is 245 g/mol. The van der Waals surface area contributed by atoms with E-state index in [-0.39, 0.29) is 17.6 Å². The van der Waals surface area contributed by atoms with E-state index in [1.54, 1.807) is 7.05 Å². The fourth-order valence-corrected chi connectivity index (χ4v) is 3.09. The van der Waals surface area contributed by atoms with Crippen molar-refractivity contribution in [1.29, 1.82) is 0 Å². The standard InChI is InChI=1S/C11H24N3OP/c1-7-8(2)14(16)9(3)11(4,5)13(7)10(15)12-6/h7-9H,16H2,1-6H3,(H,12,15). The summed E-state index contributed by atoms with van der Waals surface area (Å²) in [6, 6.07) is 0.851. The normalized spacial score (nSPS) is 34.9. The van der Waals surface area contributed by atoms with Crippen LogP contribution in [0.4, 0.5) is 4.79 Å². The van der Waals surface area contributed by atoms with Gasteiger partial charge in [0, 0.05) is 25.2 Å². The number of carbonyl (C=O) groups excluding carboxylic acids is 1. The number of hydrogen-bond acceptors (Lipinski definition) is 2. The van der Waals surface area contributed by atoms with E-state index in [0.29, 0.717) is 12.1 Å². The van der Waals surface area contributed by atoms with Gasteiger partial charge in [0.25, 0.3) is 0 Å². The van der Waals surface area contributed by atoms with Crippen molar-refractivity contribution in [2.75, 3.05) is 7.05 Å². The predicted octanol–water partition coefficient (Wildman–Crippen LogP) is 1.68. The number of nitrogens with zero attached hydrogens (tertiary/aromatic N) is 2. The molecule has 4 atom stereocenters. The number of piperazine rings is 1. The molecule has 0 radical (unpaired) electrons. The van der Waals surface area contributed by atoms with Gasteiger partial charge in [0.1, 0.15) is 0 Å². The number of nitrogens with one attached hydrogen (secondary N) is 1. The van der Waals surface area contributed by atoms with E-state index < -0.39 is 0 Å². The molecule has 0 aromatic rings. The first-order valence-electron chi connectivity index (χ1n) is 5.79.